The highest BCUT2D eigenvalue weighted by atomic mass is 32.2. The van der Waals surface area contributed by atoms with E-state index in [2.05, 4.69) is 59.7 Å². The lowest BCUT2D eigenvalue weighted by atomic mass is 9.90. The van der Waals surface area contributed by atoms with E-state index in [-0.39, 0.29) is 6.04 Å². The average Bonchev–Trinajstić information content (AvgIpc) is 2.74. The first-order valence-corrected chi connectivity index (χ1v) is 10.7. The highest BCUT2D eigenvalue weighted by molar-refractivity contribution is 7.99. The van der Waals surface area contributed by atoms with Gasteiger partial charge in [0.1, 0.15) is 0 Å². The van der Waals surface area contributed by atoms with Crippen molar-refractivity contribution in [3.05, 3.63) is 88.7 Å². The Morgan fingerprint density at radius 3 is 2.76 bits per heavy atom. The van der Waals surface area contributed by atoms with Crippen LogP contribution in [0.4, 0.5) is 0 Å². The maximum atomic E-state index is 11.4. The van der Waals surface area contributed by atoms with Gasteiger partial charge in [-0.1, -0.05) is 35.5 Å². The summed E-state index contributed by atoms with van der Waals surface area (Å²) >= 11 is 1.79. The zero-order valence-electron chi connectivity index (χ0n) is 16.4. The summed E-state index contributed by atoms with van der Waals surface area (Å²) in [4.78, 5) is 18.0. The summed E-state index contributed by atoms with van der Waals surface area (Å²) in [6.45, 7) is 3.04. The van der Waals surface area contributed by atoms with E-state index in [0.717, 1.165) is 24.9 Å². The summed E-state index contributed by atoms with van der Waals surface area (Å²) < 4.78 is 0. The number of nitrogens with zero attached hydrogens (tertiary/aromatic N) is 1. The molecule has 2 heterocycles. The van der Waals surface area contributed by atoms with Gasteiger partial charge in [-0.05, 0) is 79.8 Å². The van der Waals surface area contributed by atoms with Crippen molar-refractivity contribution in [3.8, 4) is 0 Å². The largest absolute Gasteiger partial charge is 0.478 e. The Bertz CT molecular complexity index is 1020. The van der Waals surface area contributed by atoms with E-state index in [1.807, 2.05) is 0 Å². The third-order valence-corrected chi connectivity index (χ3v) is 6.37. The standard InChI is InChI=1S/C24H24N2O2S/c1-16-2-5-19(6-3-16)29-20-7-8-21-17(14-20)10-13-26-23(21)9-4-18-15-25-12-11-22(18)24(27)28/h2-3,5-8,11-12,14-15,23,26H,4,9-10,13H2,1H3,(H,27,28)/t23-/m1/s1. The molecule has 1 aliphatic rings. The summed E-state index contributed by atoms with van der Waals surface area (Å²) in [5.74, 6) is -0.892. The van der Waals surface area contributed by atoms with Gasteiger partial charge in [0.25, 0.3) is 0 Å². The Balaban J connectivity index is 1.48. The summed E-state index contributed by atoms with van der Waals surface area (Å²) in [5, 5.41) is 13.0. The van der Waals surface area contributed by atoms with Crippen LogP contribution >= 0.6 is 11.8 Å². The van der Waals surface area contributed by atoms with Crippen molar-refractivity contribution < 1.29 is 9.90 Å². The van der Waals surface area contributed by atoms with Crippen LogP contribution in [0.2, 0.25) is 0 Å². The fourth-order valence-electron chi connectivity index (χ4n) is 3.83. The first kappa shape index (κ1) is 19.7. The Morgan fingerprint density at radius 1 is 1.17 bits per heavy atom. The molecule has 0 unspecified atom stereocenters. The maximum Gasteiger partial charge on any atom is 0.336 e. The van der Waals surface area contributed by atoms with Crippen molar-refractivity contribution in [2.75, 3.05) is 6.54 Å². The molecule has 1 aliphatic heterocycles. The zero-order chi connectivity index (χ0) is 20.2. The number of carboxylic acid groups (broad SMARTS) is 1. The van der Waals surface area contributed by atoms with Crippen molar-refractivity contribution in [2.45, 2.75) is 42.0 Å². The SMILES string of the molecule is Cc1ccc(Sc2ccc3c(c2)CCN[C@@H]3CCc2cnccc2C(=O)O)cc1. The fourth-order valence-corrected chi connectivity index (χ4v) is 4.71. The third-order valence-electron chi connectivity index (χ3n) is 5.37. The number of benzene rings is 2. The minimum absolute atomic E-state index is 0.235. The number of pyridine rings is 1. The molecule has 0 saturated heterocycles. The van der Waals surface area contributed by atoms with Crippen LogP contribution in [-0.4, -0.2) is 22.6 Å². The van der Waals surface area contributed by atoms with Crippen molar-refractivity contribution in [1.82, 2.24) is 10.3 Å². The van der Waals surface area contributed by atoms with E-state index >= 15 is 0 Å². The summed E-state index contributed by atoms with van der Waals surface area (Å²) in [6.07, 6.45) is 5.76. The summed E-state index contributed by atoms with van der Waals surface area (Å²) in [5.41, 5.74) is 5.12. The number of aromatic carboxylic acids is 1. The fraction of sp³-hybridized carbons (Fsp3) is 0.250. The van der Waals surface area contributed by atoms with Crippen molar-refractivity contribution >= 4 is 17.7 Å². The molecule has 4 nitrogen and oxygen atoms in total. The molecule has 0 spiro atoms. The molecule has 29 heavy (non-hydrogen) atoms. The van der Waals surface area contributed by atoms with Gasteiger partial charge in [0.15, 0.2) is 0 Å². The molecule has 148 valence electrons. The molecule has 0 amide bonds. The molecule has 0 bridgehead atoms. The number of carboxylic acids is 1. The van der Waals surface area contributed by atoms with Crippen LogP contribution < -0.4 is 5.32 Å². The molecule has 2 aromatic carbocycles. The molecule has 1 aromatic heterocycles. The van der Waals surface area contributed by atoms with Crippen molar-refractivity contribution in [2.24, 2.45) is 0 Å². The number of carbonyl (C=O) groups is 1. The van der Waals surface area contributed by atoms with Crippen LogP contribution in [0.3, 0.4) is 0 Å². The minimum Gasteiger partial charge on any atom is -0.478 e. The molecule has 3 aromatic rings. The van der Waals surface area contributed by atoms with E-state index in [4.69, 9.17) is 0 Å². The van der Waals surface area contributed by atoms with E-state index in [1.54, 1.807) is 24.0 Å². The van der Waals surface area contributed by atoms with Crippen LogP contribution in [0.5, 0.6) is 0 Å². The molecule has 2 N–H and O–H groups in total. The molecular formula is C24H24N2O2S. The predicted octanol–water partition coefficient (Wildman–Crippen LogP) is 5.06. The van der Waals surface area contributed by atoms with Crippen LogP contribution in [0.15, 0.2) is 70.7 Å². The highest BCUT2D eigenvalue weighted by Gasteiger charge is 2.21. The Labute approximate surface area is 175 Å². The van der Waals surface area contributed by atoms with Gasteiger partial charge in [0.05, 0.1) is 5.56 Å². The van der Waals surface area contributed by atoms with Gasteiger partial charge in [-0.2, -0.15) is 0 Å². The second-order valence-corrected chi connectivity index (χ2v) is 8.56. The Kier molecular flexibility index (Phi) is 5.97. The zero-order valence-corrected chi connectivity index (χ0v) is 17.2. The number of aryl methyl sites for hydroxylation is 2. The number of aromatic nitrogens is 1. The molecule has 1 atom stereocenters. The van der Waals surface area contributed by atoms with Crippen LogP contribution in [-0.2, 0) is 12.8 Å². The third kappa shape index (κ3) is 4.69. The average molecular weight is 405 g/mol. The van der Waals surface area contributed by atoms with Gasteiger partial charge in [-0.15, -0.1) is 0 Å². The topological polar surface area (TPSA) is 62.2 Å². The van der Waals surface area contributed by atoms with Gasteiger partial charge in [-0.25, -0.2) is 4.79 Å². The van der Waals surface area contributed by atoms with Gasteiger partial charge in [0, 0.05) is 28.2 Å². The van der Waals surface area contributed by atoms with Crippen LogP contribution in [0.1, 0.15) is 45.1 Å². The first-order valence-electron chi connectivity index (χ1n) is 9.87. The number of fused-ring (bicyclic) bond motifs is 1. The molecular weight excluding hydrogens is 380 g/mol. The number of rotatable bonds is 6. The molecule has 0 fully saturated rings. The normalized spacial score (nSPS) is 15.7. The smallest absolute Gasteiger partial charge is 0.336 e. The summed E-state index contributed by atoms with van der Waals surface area (Å²) in [7, 11) is 0. The molecule has 0 radical (unpaired) electrons. The Morgan fingerprint density at radius 2 is 1.97 bits per heavy atom. The monoisotopic (exact) mass is 404 g/mol. The van der Waals surface area contributed by atoms with Gasteiger partial charge in [0.2, 0.25) is 0 Å². The van der Waals surface area contributed by atoms with E-state index in [0.29, 0.717) is 12.0 Å². The number of hydrogen-bond acceptors (Lipinski definition) is 4. The second-order valence-electron chi connectivity index (χ2n) is 7.41. The highest BCUT2D eigenvalue weighted by Crippen LogP contribution is 2.33. The van der Waals surface area contributed by atoms with E-state index in [9.17, 15) is 9.90 Å². The lowest BCUT2D eigenvalue weighted by molar-refractivity contribution is 0.0695. The van der Waals surface area contributed by atoms with Crippen LogP contribution in [0, 0.1) is 6.92 Å². The van der Waals surface area contributed by atoms with E-state index in [1.165, 1.54) is 32.7 Å². The number of hydrogen-bond donors (Lipinski definition) is 2. The molecule has 0 saturated carbocycles. The van der Waals surface area contributed by atoms with Gasteiger partial charge < -0.3 is 10.4 Å². The minimum atomic E-state index is -0.892. The lowest BCUT2D eigenvalue weighted by Crippen LogP contribution is -2.30. The second kappa shape index (κ2) is 8.80. The Hall–Kier alpha value is -2.63. The number of nitrogens with one attached hydrogen (secondary N) is 1. The van der Waals surface area contributed by atoms with Crippen LogP contribution in [0.25, 0.3) is 0 Å². The molecule has 5 heteroatoms. The van der Waals surface area contributed by atoms with E-state index < -0.39 is 5.97 Å². The quantitative estimate of drug-likeness (QED) is 0.601. The lowest BCUT2D eigenvalue weighted by Gasteiger charge is -2.27. The predicted molar refractivity (Wildman–Crippen MR) is 116 cm³/mol. The van der Waals surface area contributed by atoms with Crippen molar-refractivity contribution in [1.29, 1.82) is 0 Å². The van der Waals surface area contributed by atoms with Gasteiger partial charge >= 0.3 is 5.97 Å². The maximum absolute atomic E-state index is 11.4. The summed E-state index contributed by atoms with van der Waals surface area (Å²) in [6, 6.07) is 17.2. The molecule has 0 aliphatic carbocycles. The van der Waals surface area contributed by atoms with Crippen molar-refractivity contribution in [3.63, 3.8) is 0 Å². The molecule has 4 rings (SSSR count). The first-order chi connectivity index (χ1) is 14.1. The van der Waals surface area contributed by atoms with Gasteiger partial charge in [-0.3, -0.25) is 4.98 Å².